The van der Waals surface area contributed by atoms with Crippen LogP contribution in [0.15, 0.2) is 65.7 Å². The number of fused-ring (bicyclic) bond motifs is 1. The molecular weight excluding hydrogens is 402 g/mol. The van der Waals surface area contributed by atoms with Crippen molar-refractivity contribution in [2.24, 2.45) is 10.9 Å². The van der Waals surface area contributed by atoms with Gasteiger partial charge in [0.1, 0.15) is 11.5 Å². The van der Waals surface area contributed by atoms with Crippen molar-refractivity contribution in [2.45, 2.75) is 24.8 Å². The Labute approximate surface area is 187 Å². The van der Waals surface area contributed by atoms with E-state index < -0.39 is 0 Å². The second kappa shape index (κ2) is 8.59. The number of aromatic amines is 1. The molecule has 7 heteroatoms. The molecule has 1 aromatic heterocycles. The topological polar surface area (TPSA) is 82.6 Å². The molecule has 1 aliphatic heterocycles. The number of nitrogens with zero attached hydrogens (tertiary/aromatic N) is 3. The largest absolute Gasteiger partial charge is 0.457 e. The Balaban J connectivity index is 1.34. The van der Waals surface area contributed by atoms with Gasteiger partial charge in [-0.05, 0) is 55.8 Å². The molecule has 0 bridgehead atoms. The van der Waals surface area contributed by atoms with Crippen LogP contribution in [0.3, 0.4) is 0 Å². The fraction of sp³-hybridized carbons (Fsp3) is 0.320. The molecule has 1 amide bonds. The minimum Gasteiger partial charge on any atom is -0.457 e. The normalized spacial score (nSPS) is 22.4. The first-order valence-electron chi connectivity index (χ1n) is 11.0. The van der Waals surface area contributed by atoms with Crippen molar-refractivity contribution in [1.82, 2.24) is 20.4 Å². The highest BCUT2D eigenvalue weighted by atomic mass is 16.5. The molecular formula is C25H27N5O2. The Morgan fingerprint density at radius 3 is 2.91 bits per heavy atom. The summed E-state index contributed by atoms with van der Waals surface area (Å²) < 4.78 is 6.06. The van der Waals surface area contributed by atoms with Gasteiger partial charge in [-0.15, -0.1) is 0 Å². The van der Waals surface area contributed by atoms with E-state index in [4.69, 9.17) is 4.74 Å². The van der Waals surface area contributed by atoms with Crippen LogP contribution in [-0.4, -0.2) is 53.0 Å². The lowest BCUT2D eigenvalue weighted by atomic mass is 9.90. The van der Waals surface area contributed by atoms with E-state index in [-0.39, 0.29) is 11.4 Å². The van der Waals surface area contributed by atoms with Gasteiger partial charge in [-0.3, -0.25) is 19.8 Å². The van der Waals surface area contributed by atoms with Crippen LogP contribution in [0, 0.1) is 5.92 Å². The zero-order chi connectivity index (χ0) is 22.0. The van der Waals surface area contributed by atoms with Gasteiger partial charge in [0.05, 0.1) is 17.9 Å². The van der Waals surface area contributed by atoms with Gasteiger partial charge in [0.25, 0.3) is 5.91 Å². The number of likely N-dealkylation sites (tertiary alicyclic amines) is 1. The van der Waals surface area contributed by atoms with Crippen LogP contribution in [0.25, 0.3) is 11.3 Å². The first-order valence-corrected chi connectivity index (χ1v) is 11.0. The van der Waals surface area contributed by atoms with Crippen LogP contribution < -0.4 is 10.1 Å². The number of benzene rings is 2. The molecule has 2 atom stereocenters. The third kappa shape index (κ3) is 3.91. The number of carbonyl (C=O) groups is 1. The van der Waals surface area contributed by atoms with E-state index in [1.807, 2.05) is 54.6 Å². The molecule has 2 aliphatic rings. The summed E-state index contributed by atoms with van der Waals surface area (Å²) >= 11 is 0. The maximum Gasteiger partial charge on any atom is 0.272 e. The standard InChI is InChI=1S/C25H27N5O2/c1-26-17-30-15-18-8-7-13-25(18,16-30)27-24(31)22-14-21(28-29-22)20-11-5-6-12-23(20)32-19-9-3-2-4-10-19/h2-6,9-12,14,18H,1,7-8,13,15-17H2,(H,27,31)(H,28,29)/t18-,25-/m0/s1. The Hall–Kier alpha value is -3.45. The van der Waals surface area contributed by atoms with Gasteiger partial charge in [-0.2, -0.15) is 5.10 Å². The lowest BCUT2D eigenvalue weighted by Gasteiger charge is -2.30. The average molecular weight is 430 g/mol. The lowest BCUT2D eigenvalue weighted by molar-refractivity contribution is 0.0884. The number of aromatic nitrogens is 2. The molecule has 1 saturated carbocycles. The summed E-state index contributed by atoms with van der Waals surface area (Å²) in [5.74, 6) is 1.76. The van der Waals surface area contributed by atoms with Crippen LogP contribution in [0.2, 0.25) is 0 Å². The Bertz CT molecular complexity index is 1110. The molecule has 2 fully saturated rings. The summed E-state index contributed by atoms with van der Waals surface area (Å²) in [7, 11) is 0. The number of rotatable bonds is 7. The van der Waals surface area contributed by atoms with E-state index in [1.165, 1.54) is 0 Å². The van der Waals surface area contributed by atoms with Crippen molar-refractivity contribution >= 4 is 12.6 Å². The summed E-state index contributed by atoms with van der Waals surface area (Å²) in [6, 6.07) is 19.2. The smallest absolute Gasteiger partial charge is 0.272 e. The number of carbonyl (C=O) groups excluding carboxylic acids is 1. The van der Waals surface area contributed by atoms with Crippen molar-refractivity contribution in [3.05, 3.63) is 66.4 Å². The van der Waals surface area contributed by atoms with Crippen molar-refractivity contribution in [3.63, 3.8) is 0 Å². The monoisotopic (exact) mass is 429 g/mol. The molecule has 3 aromatic rings. The summed E-state index contributed by atoms with van der Waals surface area (Å²) in [4.78, 5) is 19.4. The molecule has 0 radical (unpaired) electrons. The predicted octanol–water partition coefficient (Wildman–Crippen LogP) is 4.11. The number of hydrogen-bond donors (Lipinski definition) is 2. The molecule has 0 unspecified atom stereocenters. The molecule has 164 valence electrons. The zero-order valence-electron chi connectivity index (χ0n) is 18.0. The Morgan fingerprint density at radius 2 is 2.06 bits per heavy atom. The Morgan fingerprint density at radius 1 is 1.25 bits per heavy atom. The van der Waals surface area contributed by atoms with Gasteiger partial charge >= 0.3 is 0 Å². The van der Waals surface area contributed by atoms with E-state index in [0.29, 0.717) is 24.0 Å². The maximum absolute atomic E-state index is 13.1. The molecule has 1 aliphatic carbocycles. The molecule has 0 spiro atoms. The zero-order valence-corrected chi connectivity index (χ0v) is 18.0. The molecule has 2 N–H and O–H groups in total. The second-order valence-corrected chi connectivity index (χ2v) is 8.65. The number of para-hydroxylation sites is 2. The SMILES string of the molecule is C=NCN1C[C@@H]2CCC[C@]2(NC(=O)c2cc(-c3ccccc3Oc3ccccc3)[nH]n2)C1. The molecule has 5 rings (SSSR count). The van der Waals surface area contributed by atoms with Crippen molar-refractivity contribution < 1.29 is 9.53 Å². The van der Waals surface area contributed by atoms with Crippen molar-refractivity contribution in [3.8, 4) is 22.8 Å². The lowest BCUT2D eigenvalue weighted by Crippen LogP contribution is -2.52. The highest BCUT2D eigenvalue weighted by Gasteiger charge is 2.50. The highest BCUT2D eigenvalue weighted by Crippen LogP contribution is 2.42. The number of hydrogen-bond acceptors (Lipinski definition) is 5. The molecule has 32 heavy (non-hydrogen) atoms. The van der Waals surface area contributed by atoms with E-state index in [1.54, 1.807) is 6.07 Å². The van der Waals surface area contributed by atoms with Gasteiger partial charge < -0.3 is 10.1 Å². The third-order valence-electron chi connectivity index (χ3n) is 6.56. The fourth-order valence-corrected chi connectivity index (χ4v) is 5.11. The fourth-order valence-electron chi connectivity index (χ4n) is 5.11. The van der Waals surface area contributed by atoms with E-state index >= 15 is 0 Å². The van der Waals surface area contributed by atoms with Crippen LogP contribution in [0.5, 0.6) is 11.5 Å². The van der Waals surface area contributed by atoms with Gasteiger partial charge in [0, 0.05) is 18.7 Å². The van der Waals surface area contributed by atoms with Crippen LogP contribution in [0.4, 0.5) is 0 Å². The van der Waals surface area contributed by atoms with E-state index in [9.17, 15) is 4.79 Å². The van der Waals surface area contributed by atoms with Crippen molar-refractivity contribution in [2.75, 3.05) is 19.8 Å². The summed E-state index contributed by atoms with van der Waals surface area (Å²) in [6.07, 6.45) is 3.25. The first-order chi connectivity index (χ1) is 15.7. The van der Waals surface area contributed by atoms with Gasteiger partial charge in [-0.25, -0.2) is 0 Å². The second-order valence-electron chi connectivity index (χ2n) is 8.65. The molecule has 2 aromatic carbocycles. The van der Waals surface area contributed by atoms with Crippen LogP contribution in [-0.2, 0) is 0 Å². The van der Waals surface area contributed by atoms with E-state index in [2.05, 4.69) is 32.1 Å². The molecule has 1 saturated heterocycles. The predicted molar refractivity (Wildman–Crippen MR) is 124 cm³/mol. The number of H-pyrrole nitrogens is 1. The maximum atomic E-state index is 13.1. The molecule has 2 heterocycles. The minimum atomic E-state index is -0.199. The summed E-state index contributed by atoms with van der Waals surface area (Å²) in [5, 5.41) is 10.7. The van der Waals surface area contributed by atoms with Crippen LogP contribution >= 0.6 is 0 Å². The van der Waals surface area contributed by atoms with Gasteiger partial charge in [0.15, 0.2) is 5.69 Å². The van der Waals surface area contributed by atoms with E-state index in [0.717, 1.165) is 49.4 Å². The number of nitrogens with one attached hydrogen (secondary N) is 2. The number of aliphatic imine (C=N–C) groups is 1. The summed E-state index contributed by atoms with van der Waals surface area (Å²) in [6.45, 7) is 5.99. The average Bonchev–Trinajstić information content (AvgIpc) is 3.50. The van der Waals surface area contributed by atoms with Gasteiger partial charge in [-0.1, -0.05) is 36.8 Å². The highest BCUT2D eigenvalue weighted by molar-refractivity contribution is 5.94. The van der Waals surface area contributed by atoms with Gasteiger partial charge in [0.2, 0.25) is 0 Å². The summed E-state index contributed by atoms with van der Waals surface area (Å²) in [5.41, 5.74) is 1.78. The first kappa shape index (κ1) is 20.5. The van der Waals surface area contributed by atoms with Crippen LogP contribution in [0.1, 0.15) is 29.8 Å². The quantitative estimate of drug-likeness (QED) is 0.554. The minimum absolute atomic E-state index is 0.144. The number of ether oxygens (including phenoxy) is 1. The van der Waals surface area contributed by atoms with Crippen molar-refractivity contribution in [1.29, 1.82) is 0 Å². The number of amides is 1. The Kier molecular flexibility index (Phi) is 5.49. The molecule has 7 nitrogen and oxygen atoms in total. The third-order valence-corrected chi connectivity index (χ3v) is 6.56.